The van der Waals surface area contributed by atoms with Gasteiger partial charge in [-0.3, -0.25) is 0 Å². The van der Waals surface area contributed by atoms with Crippen molar-refractivity contribution in [3.63, 3.8) is 0 Å². The van der Waals surface area contributed by atoms with Crippen LogP contribution in [0.25, 0.3) is 0 Å². The summed E-state index contributed by atoms with van der Waals surface area (Å²) in [5.74, 6) is 30.6. The SMILES string of the molecule is CC12CC3CC(CC(C3)C1)C2.CC1C2CCC(C2)C1(C)C.CC1C2CCC(C2)C1C.CC1C2CCC(CC2)[C@H]1C.CCC12CC3CC(CC(C3)C1)C2.CCC1CC2CCC1C2.C[C@@H]1C2CCC(CC2)C1(C)C.C[C@H]1CC2CCC1(C)CC2.C[C@H]1CC2CCC1CC2. The van der Waals surface area contributed by atoms with E-state index in [0.29, 0.717) is 10.8 Å². The van der Waals surface area contributed by atoms with E-state index in [-0.39, 0.29) is 0 Å². The van der Waals surface area contributed by atoms with Crippen LogP contribution >= 0.6 is 0 Å². The van der Waals surface area contributed by atoms with Crippen molar-refractivity contribution in [2.24, 2.45) is 193 Å². The van der Waals surface area contributed by atoms with Crippen molar-refractivity contribution in [3.8, 4) is 0 Å². The van der Waals surface area contributed by atoms with Crippen molar-refractivity contribution < 1.29 is 0 Å². The second-order valence-electron chi connectivity index (χ2n) is 42.6. The van der Waals surface area contributed by atoms with Gasteiger partial charge in [-0.25, -0.2) is 0 Å². The number of rotatable bonds is 2. The molecular weight excluding hydrogens is 1090 g/mol. The molecule has 26 fully saturated rings. The fourth-order valence-corrected chi connectivity index (χ4v) is 30.1. The van der Waals surface area contributed by atoms with E-state index in [1.165, 1.54) is 128 Å². The Balaban J connectivity index is 0.0000000991. The third-order valence-corrected chi connectivity index (χ3v) is 37.3. The van der Waals surface area contributed by atoms with E-state index in [0.717, 1.165) is 182 Å². The molecule has 11 unspecified atom stereocenters. The Kier molecular flexibility index (Phi) is 22.8. The molecule has 26 saturated carbocycles. The van der Waals surface area contributed by atoms with Crippen molar-refractivity contribution in [1.29, 1.82) is 0 Å². The van der Waals surface area contributed by atoms with Gasteiger partial charge in [0.1, 0.15) is 0 Å². The van der Waals surface area contributed by atoms with E-state index in [1.807, 2.05) is 0 Å². The molecule has 15 atom stereocenters. The summed E-state index contributed by atoms with van der Waals surface area (Å²) in [5, 5.41) is 0. The third-order valence-electron chi connectivity index (χ3n) is 37.3. The van der Waals surface area contributed by atoms with E-state index >= 15 is 0 Å². The molecule has 0 spiro atoms. The van der Waals surface area contributed by atoms with Crippen LogP contribution < -0.4 is 0 Å². The van der Waals surface area contributed by atoms with Crippen molar-refractivity contribution >= 4 is 0 Å². The standard InChI is InChI=1S/C12H20.C11H18.C11H20.3C10H18.3C9H16/c1-2-12-6-9-3-10(7-12)5-11(4-9)8-12;1-11-5-8-2-9(6-11)4-10(3-8)7-11;1-8-9-4-6-10(7-5-9)11(8,2)3;1-7-8-4-5-9(6-8)10(7,2)3;1-8-7-9-3-5-10(8,2)6-4-9;1-7-8(2)10-5-3-9(7)4-6-10;1-6-7(2)9-4-3-8(6)5-9;1-7-6-8-2-4-9(7)5-3-8;1-2-8-5-7-3-4-9(8)6-7/h9-11H,2-8H2,1H3;8-10H,2-7H2,1H3;8-10H,4-7H2,1-3H3;7-9H,4-6H2,1-3H3;8-9H,3-7H2,1-2H3;7-10H,3-6H2,1-2H3;6-9H,3-5H2,1-2H3;2*7-9H,2-6H2,1H3/t;;8-,9?,10?;;8-,9?,10?;7-,8?,9?,10?;;7-,8?,9?;/m..1.00.0./s1. The zero-order valence-corrected chi connectivity index (χ0v) is 64.4. The highest BCUT2D eigenvalue weighted by atomic mass is 14.6. The van der Waals surface area contributed by atoms with Crippen LogP contribution in [-0.4, -0.2) is 0 Å². The minimum Gasteiger partial charge on any atom is -0.0651 e. The van der Waals surface area contributed by atoms with E-state index < -0.39 is 0 Å². The monoisotopic (exact) mass is 1250 g/mol. The lowest BCUT2D eigenvalue weighted by Gasteiger charge is -2.56. The second kappa shape index (κ2) is 29.3. The molecule has 22 bridgehead atoms. The lowest BCUT2D eigenvalue weighted by Crippen LogP contribution is -2.45. The van der Waals surface area contributed by atoms with Gasteiger partial charge in [0.25, 0.3) is 0 Å². The molecule has 524 valence electrons. The summed E-state index contributed by atoms with van der Waals surface area (Å²) in [6.45, 7) is 39.3. The molecule has 0 aromatic heterocycles. The highest BCUT2D eigenvalue weighted by molar-refractivity contribution is 5.03. The van der Waals surface area contributed by atoms with Gasteiger partial charge >= 0.3 is 0 Å². The predicted molar refractivity (Wildman–Crippen MR) is 395 cm³/mol. The largest absolute Gasteiger partial charge is 0.0651 e. The Morgan fingerprint density at radius 3 is 0.945 bits per heavy atom. The normalized spacial score (nSPS) is 53.0. The Morgan fingerprint density at radius 1 is 0.286 bits per heavy atom. The maximum absolute atomic E-state index is 2.54. The molecule has 0 saturated heterocycles. The Morgan fingerprint density at radius 2 is 0.681 bits per heavy atom. The lowest BCUT2D eigenvalue weighted by molar-refractivity contribution is -0.0545. The van der Waals surface area contributed by atoms with Gasteiger partial charge in [0, 0.05) is 0 Å². The predicted octanol–water partition coefficient (Wildman–Crippen LogP) is 28.0. The summed E-state index contributed by atoms with van der Waals surface area (Å²) in [4.78, 5) is 0. The highest BCUT2D eigenvalue weighted by Crippen LogP contribution is 2.64. The molecule has 0 radical (unpaired) electrons. The summed E-state index contributed by atoms with van der Waals surface area (Å²) in [5.41, 5.74) is 3.71. The minimum atomic E-state index is 0.654. The molecule has 26 aliphatic rings. The second-order valence-corrected chi connectivity index (χ2v) is 42.6. The number of hydrogen-bond donors (Lipinski definition) is 0. The fourth-order valence-electron chi connectivity index (χ4n) is 30.1. The molecule has 0 nitrogen and oxygen atoms in total. The quantitative estimate of drug-likeness (QED) is 0.259. The summed E-state index contributed by atoms with van der Waals surface area (Å²) < 4.78 is 0. The lowest BCUT2D eigenvalue weighted by atomic mass is 9.49. The van der Waals surface area contributed by atoms with Crippen molar-refractivity contribution in [2.45, 2.75) is 380 Å². The highest BCUT2D eigenvalue weighted by Gasteiger charge is 2.53. The van der Waals surface area contributed by atoms with Crippen LogP contribution in [-0.2, 0) is 0 Å². The van der Waals surface area contributed by atoms with Crippen LogP contribution in [0.4, 0.5) is 0 Å². The van der Waals surface area contributed by atoms with Crippen molar-refractivity contribution in [1.82, 2.24) is 0 Å². The first-order chi connectivity index (χ1) is 43.3. The Hall–Kier alpha value is 0. The van der Waals surface area contributed by atoms with Crippen molar-refractivity contribution in [3.05, 3.63) is 0 Å². The molecule has 0 heteroatoms. The molecule has 0 aromatic rings. The van der Waals surface area contributed by atoms with Crippen LogP contribution in [0.1, 0.15) is 380 Å². The number of fused-ring (bicyclic) bond motifs is 18. The first kappa shape index (κ1) is 70.8. The van der Waals surface area contributed by atoms with Gasteiger partial charge in [-0.1, -0.05) is 143 Å². The average Bonchev–Trinajstić information content (AvgIpc) is 1.96. The van der Waals surface area contributed by atoms with E-state index in [9.17, 15) is 0 Å². The molecule has 0 aromatic carbocycles. The summed E-state index contributed by atoms with van der Waals surface area (Å²) >= 11 is 0. The van der Waals surface area contributed by atoms with Gasteiger partial charge < -0.3 is 0 Å². The molecule has 0 amide bonds. The molecule has 0 heterocycles. The molecule has 26 aliphatic carbocycles. The van der Waals surface area contributed by atoms with Gasteiger partial charge in [0.05, 0.1) is 0 Å². The summed E-state index contributed by atoms with van der Waals surface area (Å²) in [7, 11) is 0. The molecular formula is C91H160. The summed E-state index contributed by atoms with van der Waals surface area (Å²) in [6, 6.07) is 0. The minimum absolute atomic E-state index is 0.654. The fraction of sp³-hybridized carbons (Fsp3) is 1.00. The smallest absolute Gasteiger partial charge is 0.0292 e. The number of hydrogen-bond acceptors (Lipinski definition) is 0. The van der Waals surface area contributed by atoms with Crippen LogP contribution in [0.15, 0.2) is 0 Å². The first-order valence-electron chi connectivity index (χ1n) is 43.3. The van der Waals surface area contributed by atoms with Crippen LogP contribution in [0.5, 0.6) is 0 Å². The maximum atomic E-state index is 2.54. The molecule has 91 heavy (non-hydrogen) atoms. The zero-order valence-electron chi connectivity index (χ0n) is 64.4. The molecule has 0 aliphatic heterocycles. The van der Waals surface area contributed by atoms with Gasteiger partial charge in [-0.2, -0.15) is 0 Å². The Bertz CT molecular complexity index is 2100. The van der Waals surface area contributed by atoms with Gasteiger partial charge in [-0.15, -0.1) is 0 Å². The van der Waals surface area contributed by atoms with Crippen LogP contribution in [0, 0.1) is 193 Å². The average molecular weight is 1250 g/mol. The first-order valence-corrected chi connectivity index (χ1v) is 43.3. The maximum Gasteiger partial charge on any atom is -0.0292 e. The van der Waals surface area contributed by atoms with E-state index in [4.69, 9.17) is 0 Å². The van der Waals surface area contributed by atoms with E-state index in [1.54, 1.807) is 141 Å². The van der Waals surface area contributed by atoms with Crippen LogP contribution in [0.3, 0.4) is 0 Å². The van der Waals surface area contributed by atoms with Gasteiger partial charge in [-0.05, 0) is 430 Å². The van der Waals surface area contributed by atoms with Crippen molar-refractivity contribution in [2.75, 3.05) is 0 Å². The summed E-state index contributed by atoms with van der Waals surface area (Å²) in [6.07, 6.45) is 65.0. The van der Waals surface area contributed by atoms with Gasteiger partial charge in [0.15, 0.2) is 0 Å². The topological polar surface area (TPSA) is 0 Å². The van der Waals surface area contributed by atoms with E-state index in [2.05, 4.69) is 111 Å². The van der Waals surface area contributed by atoms with Crippen LogP contribution in [0.2, 0.25) is 0 Å². The Labute approximate surface area is 570 Å². The molecule has 0 N–H and O–H groups in total. The third kappa shape index (κ3) is 15.8. The zero-order chi connectivity index (χ0) is 64.4. The van der Waals surface area contributed by atoms with Gasteiger partial charge in [0.2, 0.25) is 0 Å². The molecule has 26 rings (SSSR count).